The van der Waals surface area contributed by atoms with Gasteiger partial charge in [-0.3, -0.25) is 4.79 Å². The molecular weight excluding hydrogens is 140 g/mol. The molecule has 0 aromatic rings. The van der Waals surface area contributed by atoms with Crippen molar-refractivity contribution >= 4 is 5.78 Å². The Labute approximate surface area is 65.9 Å². The van der Waals surface area contributed by atoms with E-state index in [1.807, 2.05) is 18.2 Å². The van der Waals surface area contributed by atoms with Gasteiger partial charge in [0, 0.05) is 6.42 Å². The van der Waals surface area contributed by atoms with Crippen LogP contribution in [0.1, 0.15) is 6.42 Å². The van der Waals surface area contributed by atoms with Gasteiger partial charge in [-0.25, -0.2) is 0 Å². The second-order valence-corrected chi connectivity index (χ2v) is 2.18. The lowest BCUT2D eigenvalue weighted by atomic mass is 10.2. The fourth-order valence-electron chi connectivity index (χ4n) is 0.836. The first-order chi connectivity index (χ1) is 5.34. The highest BCUT2D eigenvalue weighted by Gasteiger charge is 2.06. The Kier molecular flexibility index (Phi) is 2.66. The Morgan fingerprint density at radius 3 is 2.91 bits per heavy atom. The number of ketones is 1. The largest absolute Gasteiger partial charge is 0.493 e. The summed E-state index contributed by atoms with van der Waals surface area (Å²) in [4.78, 5) is 11.1. The molecule has 0 atom stereocenters. The van der Waals surface area contributed by atoms with Gasteiger partial charge in [-0.1, -0.05) is 24.3 Å². The maximum Gasteiger partial charge on any atom is 0.201 e. The van der Waals surface area contributed by atoms with E-state index >= 15 is 0 Å². The molecule has 0 saturated heterocycles. The van der Waals surface area contributed by atoms with Gasteiger partial charge in [0.2, 0.25) is 5.78 Å². The first kappa shape index (κ1) is 7.79. The molecule has 0 amide bonds. The Morgan fingerprint density at radius 1 is 1.36 bits per heavy atom. The minimum Gasteiger partial charge on any atom is -0.493 e. The van der Waals surface area contributed by atoms with Crippen molar-refractivity contribution in [2.24, 2.45) is 0 Å². The molecule has 0 unspecified atom stereocenters. The first-order valence-corrected chi connectivity index (χ1v) is 3.45. The van der Waals surface area contributed by atoms with E-state index < -0.39 is 0 Å². The number of carbonyl (C=O) groups is 1. The lowest BCUT2D eigenvalue weighted by molar-refractivity contribution is -0.117. The third-order valence-electron chi connectivity index (χ3n) is 1.40. The fraction of sp³-hybridized carbons (Fsp3) is 0.222. The number of hydrogen-bond donors (Lipinski definition) is 0. The van der Waals surface area contributed by atoms with Crippen LogP contribution >= 0.6 is 0 Å². The zero-order valence-electron chi connectivity index (χ0n) is 6.41. The third-order valence-corrected chi connectivity index (χ3v) is 1.40. The van der Waals surface area contributed by atoms with Crippen molar-refractivity contribution in [2.45, 2.75) is 6.42 Å². The van der Waals surface area contributed by atoms with E-state index in [0.717, 1.165) is 0 Å². The quantitative estimate of drug-likeness (QED) is 0.567. The third kappa shape index (κ3) is 2.08. The van der Waals surface area contributed by atoms with Crippen molar-refractivity contribution in [3.8, 4) is 0 Å². The molecule has 0 N–H and O–H groups in total. The maximum absolute atomic E-state index is 11.1. The molecule has 0 aromatic carbocycles. The summed E-state index contributed by atoms with van der Waals surface area (Å²) in [5.41, 5.74) is 0. The van der Waals surface area contributed by atoms with Gasteiger partial charge in [-0.15, -0.1) is 0 Å². The zero-order valence-corrected chi connectivity index (χ0v) is 6.41. The number of allylic oxidation sites excluding steroid dienone is 6. The summed E-state index contributed by atoms with van der Waals surface area (Å²) in [7, 11) is 1.50. The van der Waals surface area contributed by atoms with Gasteiger partial charge in [0.25, 0.3) is 0 Å². The highest BCUT2D eigenvalue weighted by atomic mass is 16.5. The highest BCUT2D eigenvalue weighted by Crippen LogP contribution is 2.04. The minimum atomic E-state index is 0.0214. The number of ether oxygens (including phenoxy) is 1. The van der Waals surface area contributed by atoms with Crippen LogP contribution in [0.15, 0.2) is 36.1 Å². The van der Waals surface area contributed by atoms with E-state index in [2.05, 4.69) is 0 Å². The van der Waals surface area contributed by atoms with Crippen molar-refractivity contribution in [3.05, 3.63) is 36.1 Å². The predicted octanol–water partition coefficient (Wildman–Crippen LogP) is 1.60. The molecule has 0 spiro atoms. The van der Waals surface area contributed by atoms with Crippen molar-refractivity contribution in [2.75, 3.05) is 7.11 Å². The van der Waals surface area contributed by atoms with Crippen LogP contribution in [0.2, 0.25) is 0 Å². The monoisotopic (exact) mass is 150 g/mol. The van der Waals surface area contributed by atoms with Crippen LogP contribution in [0.3, 0.4) is 0 Å². The molecule has 0 fully saturated rings. The Morgan fingerprint density at radius 2 is 2.18 bits per heavy atom. The fourth-order valence-corrected chi connectivity index (χ4v) is 0.836. The summed E-state index contributed by atoms with van der Waals surface area (Å²) >= 11 is 0. The second-order valence-electron chi connectivity index (χ2n) is 2.18. The normalized spacial score (nSPS) is 17.2. The van der Waals surface area contributed by atoms with Gasteiger partial charge >= 0.3 is 0 Å². The van der Waals surface area contributed by atoms with Crippen molar-refractivity contribution < 1.29 is 9.53 Å². The number of hydrogen-bond acceptors (Lipinski definition) is 2. The molecule has 58 valence electrons. The smallest absolute Gasteiger partial charge is 0.201 e. The molecule has 0 bridgehead atoms. The van der Waals surface area contributed by atoms with Gasteiger partial charge in [-0.2, -0.15) is 0 Å². The number of rotatable bonds is 1. The van der Waals surface area contributed by atoms with Crippen LogP contribution in [-0.4, -0.2) is 12.9 Å². The second kappa shape index (κ2) is 3.76. The molecule has 0 aromatic heterocycles. The molecular formula is C9H10O2. The summed E-state index contributed by atoms with van der Waals surface area (Å²) in [6.07, 6.45) is 9.40. The summed E-state index contributed by atoms with van der Waals surface area (Å²) in [6.45, 7) is 0. The molecule has 11 heavy (non-hydrogen) atoms. The summed E-state index contributed by atoms with van der Waals surface area (Å²) in [5.74, 6) is 0.443. The average Bonchev–Trinajstić information content (AvgIpc) is 1.98. The minimum absolute atomic E-state index is 0.0214. The molecule has 0 heterocycles. The van der Waals surface area contributed by atoms with E-state index in [1.165, 1.54) is 7.11 Å². The average molecular weight is 150 g/mol. The van der Waals surface area contributed by atoms with E-state index in [4.69, 9.17) is 4.74 Å². The topological polar surface area (TPSA) is 26.3 Å². The molecule has 2 nitrogen and oxygen atoms in total. The first-order valence-electron chi connectivity index (χ1n) is 3.45. The zero-order chi connectivity index (χ0) is 8.10. The molecule has 1 rings (SSSR count). The summed E-state index contributed by atoms with van der Waals surface area (Å²) < 4.78 is 4.87. The van der Waals surface area contributed by atoms with E-state index in [0.29, 0.717) is 12.2 Å². The molecule has 0 saturated carbocycles. The van der Waals surface area contributed by atoms with Crippen LogP contribution in [0.5, 0.6) is 0 Å². The molecule has 1 aliphatic rings. The van der Waals surface area contributed by atoms with Gasteiger partial charge < -0.3 is 4.74 Å². The van der Waals surface area contributed by atoms with Crippen LogP contribution < -0.4 is 0 Å². The van der Waals surface area contributed by atoms with E-state index in [1.54, 1.807) is 12.2 Å². The summed E-state index contributed by atoms with van der Waals surface area (Å²) in [6, 6.07) is 0. The van der Waals surface area contributed by atoms with E-state index in [9.17, 15) is 4.79 Å². The van der Waals surface area contributed by atoms with Crippen molar-refractivity contribution in [1.82, 2.24) is 0 Å². The van der Waals surface area contributed by atoms with Crippen LogP contribution in [0, 0.1) is 0 Å². The predicted molar refractivity (Wildman–Crippen MR) is 43.0 cm³/mol. The SMILES string of the molecule is COC1=CC=CC=CCC1=O. The lowest BCUT2D eigenvalue weighted by Crippen LogP contribution is -2.03. The van der Waals surface area contributed by atoms with Gasteiger partial charge in [0.15, 0.2) is 5.76 Å². The molecule has 2 heteroatoms. The van der Waals surface area contributed by atoms with Gasteiger partial charge in [-0.05, 0) is 6.08 Å². The highest BCUT2D eigenvalue weighted by molar-refractivity contribution is 5.94. The van der Waals surface area contributed by atoms with Crippen LogP contribution in [0.4, 0.5) is 0 Å². The van der Waals surface area contributed by atoms with Crippen LogP contribution in [-0.2, 0) is 9.53 Å². The van der Waals surface area contributed by atoms with Crippen molar-refractivity contribution in [3.63, 3.8) is 0 Å². The molecule has 0 radical (unpaired) electrons. The molecule has 0 aliphatic heterocycles. The lowest BCUT2D eigenvalue weighted by Gasteiger charge is -2.02. The summed E-state index contributed by atoms with van der Waals surface area (Å²) in [5, 5.41) is 0. The Bertz CT molecular complexity index is 234. The standard InChI is InChI=1S/C9H10O2/c1-11-9-7-5-3-2-4-6-8(9)10/h2-5,7H,6H2,1H3. The maximum atomic E-state index is 11.1. The van der Waals surface area contributed by atoms with Crippen LogP contribution in [0.25, 0.3) is 0 Å². The van der Waals surface area contributed by atoms with E-state index in [-0.39, 0.29) is 5.78 Å². The molecule has 1 aliphatic carbocycles. The number of Topliss-reactive ketones (excluding diaryl/α,β-unsaturated/α-hetero) is 1. The van der Waals surface area contributed by atoms with Gasteiger partial charge in [0.1, 0.15) is 0 Å². The Balaban J connectivity index is 2.82. The Hall–Kier alpha value is -1.31. The van der Waals surface area contributed by atoms with Gasteiger partial charge in [0.05, 0.1) is 7.11 Å². The number of methoxy groups -OCH3 is 1. The number of carbonyl (C=O) groups excluding carboxylic acids is 1. The van der Waals surface area contributed by atoms with Crippen molar-refractivity contribution in [1.29, 1.82) is 0 Å².